The Kier molecular flexibility index (Phi) is 4.85. The van der Waals surface area contributed by atoms with Crippen molar-refractivity contribution in [1.82, 2.24) is 0 Å². The van der Waals surface area contributed by atoms with Gasteiger partial charge in [-0.3, -0.25) is 4.79 Å². The predicted octanol–water partition coefficient (Wildman–Crippen LogP) is 3.95. The number of hydrogen-bond acceptors (Lipinski definition) is 3. The summed E-state index contributed by atoms with van der Waals surface area (Å²) >= 11 is 0. The minimum Gasteiger partial charge on any atom is -0.322 e. The Balaban J connectivity index is 2.27. The van der Waals surface area contributed by atoms with Gasteiger partial charge < -0.3 is 5.32 Å². The fourth-order valence-corrected chi connectivity index (χ4v) is 2.93. The molecule has 5 heteroatoms. The van der Waals surface area contributed by atoms with E-state index >= 15 is 0 Å². The van der Waals surface area contributed by atoms with E-state index < -0.39 is 9.84 Å². The number of benzene rings is 2. The third-order valence-corrected chi connectivity index (χ3v) is 5.01. The minimum atomic E-state index is -3.32. The number of hydrogen-bond donors (Lipinski definition) is 1. The number of nitrogens with one attached hydrogen (secondary N) is 1. The SMILES string of the molecule is Cc1ccc(S(C)(=O)=O)cc1NC(=O)c1ccc(C(C)(C)C)cc1. The fourth-order valence-electron chi connectivity index (χ4n) is 2.28. The molecule has 128 valence electrons. The zero-order valence-electron chi connectivity index (χ0n) is 14.7. The highest BCUT2D eigenvalue weighted by Crippen LogP contribution is 2.24. The van der Waals surface area contributed by atoms with E-state index in [-0.39, 0.29) is 16.2 Å². The quantitative estimate of drug-likeness (QED) is 0.916. The molecule has 0 atom stereocenters. The van der Waals surface area contributed by atoms with E-state index in [0.29, 0.717) is 11.3 Å². The average Bonchev–Trinajstić information content (AvgIpc) is 2.47. The Morgan fingerprint density at radius 1 is 1.00 bits per heavy atom. The molecule has 0 radical (unpaired) electrons. The summed E-state index contributed by atoms with van der Waals surface area (Å²) in [5.74, 6) is -0.260. The highest BCUT2D eigenvalue weighted by atomic mass is 32.2. The molecule has 0 aliphatic carbocycles. The average molecular weight is 345 g/mol. The Morgan fingerprint density at radius 2 is 1.58 bits per heavy atom. The first kappa shape index (κ1) is 18.2. The second kappa shape index (κ2) is 6.40. The number of rotatable bonds is 3. The molecule has 1 amide bonds. The zero-order chi connectivity index (χ0) is 18.1. The summed E-state index contributed by atoms with van der Waals surface area (Å²) in [6.45, 7) is 8.16. The molecule has 0 bridgehead atoms. The molecule has 24 heavy (non-hydrogen) atoms. The molecule has 0 saturated carbocycles. The first-order chi connectivity index (χ1) is 11.0. The van der Waals surface area contributed by atoms with Crippen molar-refractivity contribution in [3.63, 3.8) is 0 Å². The van der Waals surface area contributed by atoms with Gasteiger partial charge in [-0.05, 0) is 47.7 Å². The Morgan fingerprint density at radius 3 is 2.08 bits per heavy atom. The molecular weight excluding hydrogens is 322 g/mol. The maximum atomic E-state index is 12.4. The van der Waals surface area contributed by atoms with Crippen LogP contribution in [0.3, 0.4) is 0 Å². The van der Waals surface area contributed by atoms with E-state index in [0.717, 1.165) is 17.4 Å². The summed E-state index contributed by atoms with van der Waals surface area (Å²) in [5.41, 5.74) is 3.02. The van der Waals surface area contributed by atoms with Crippen LogP contribution in [0.4, 0.5) is 5.69 Å². The van der Waals surface area contributed by atoms with Gasteiger partial charge in [-0.15, -0.1) is 0 Å². The summed E-state index contributed by atoms with van der Waals surface area (Å²) in [5, 5.41) is 2.79. The lowest BCUT2D eigenvalue weighted by atomic mass is 9.87. The van der Waals surface area contributed by atoms with Crippen LogP contribution in [0.5, 0.6) is 0 Å². The Hall–Kier alpha value is -2.14. The molecule has 1 N–H and O–H groups in total. The van der Waals surface area contributed by atoms with Crippen molar-refractivity contribution >= 4 is 21.4 Å². The molecule has 4 nitrogen and oxygen atoms in total. The maximum Gasteiger partial charge on any atom is 0.255 e. The maximum absolute atomic E-state index is 12.4. The van der Waals surface area contributed by atoms with E-state index in [9.17, 15) is 13.2 Å². The van der Waals surface area contributed by atoms with Crippen molar-refractivity contribution in [3.05, 3.63) is 59.2 Å². The van der Waals surface area contributed by atoms with Crippen LogP contribution in [0.1, 0.15) is 42.3 Å². The van der Waals surface area contributed by atoms with Gasteiger partial charge in [-0.1, -0.05) is 39.0 Å². The number of carbonyl (C=O) groups excluding carboxylic acids is 1. The summed E-state index contributed by atoms with van der Waals surface area (Å²) in [6, 6.07) is 12.2. The predicted molar refractivity (Wildman–Crippen MR) is 97.4 cm³/mol. The number of amides is 1. The van der Waals surface area contributed by atoms with Crippen LogP contribution in [-0.4, -0.2) is 20.6 Å². The van der Waals surface area contributed by atoms with Crippen LogP contribution in [0, 0.1) is 6.92 Å². The molecule has 2 rings (SSSR count). The summed E-state index contributed by atoms with van der Waals surface area (Å²) in [4.78, 5) is 12.6. The van der Waals surface area contributed by atoms with E-state index in [1.54, 1.807) is 24.3 Å². The molecular formula is C19H23NO3S. The molecule has 0 saturated heterocycles. The van der Waals surface area contributed by atoms with Gasteiger partial charge in [-0.25, -0.2) is 8.42 Å². The van der Waals surface area contributed by atoms with Crippen LogP contribution in [-0.2, 0) is 15.3 Å². The minimum absolute atomic E-state index is 0.0232. The first-order valence-electron chi connectivity index (χ1n) is 7.71. The van der Waals surface area contributed by atoms with Crippen molar-refractivity contribution in [2.45, 2.75) is 38.0 Å². The smallest absolute Gasteiger partial charge is 0.255 e. The zero-order valence-corrected chi connectivity index (χ0v) is 15.5. The molecule has 0 spiro atoms. The van der Waals surface area contributed by atoms with Gasteiger partial charge in [0.1, 0.15) is 0 Å². The van der Waals surface area contributed by atoms with Gasteiger partial charge in [0.25, 0.3) is 5.91 Å². The third-order valence-electron chi connectivity index (χ3n) is 3.90. The van der Waals surface area contributed by atoms with E-state index in [2.05, 4.69) is 26.1 Å². The normalized spacial score (nSPS) is 12.0. The van der Waals surface area contributed by atoms with Gasteiger partial charge >= 0.3 is 0 Å². The van der Waals surface area contributed by atoms with Crippen LogP contribution in [0.2, 0.25) is 0 Å². The van der Waals surface area contributed by atoms with E-state index in [4.69, 9.17) is 0 Å². The molecule has 0 unspecified atom stereocenters. The first-order valence-corrected chi connectivity index (χ1v) is 9.60. The third kappa shape index (κ3) is 4.23. The number of carbonyl (C=O) groups is 1. The topological polar surface area (TPSA) is 63.2 Å². The summed E-state index contributed by atoms with van der Waals surface area (Å²) < 4.78 is 23.3. The van der Waals surface area contributed by atoms with Gasteiger partial charge in [0.05, 0.1) is 4.90 Å². The van der Waals surface area contributed by atoms with Crippen molar-refractivity contribution < 1.29 is 13.2 Å². The van der Waals surface area contributed by atoms with Crippen molar-refractivity contribution in [3.8, 4) is 0 Å². The van der Waals surface area contributed by atoms with Gasteiger partial charge in [0.2, 0.25) is 0 Å². The van der Waals surface area contributed by atoms with Crippen LogP contribution < -0.4 is 5.32 Å². The number of aryl methyl sites for hydroxylation is 1. The summed E-state index contributed by atoms with van der Waals surface area (Å²) in [6.07, 6.45) is 1.15. The van der Waals surface area contributed by atoms with Gasteiger partial charge in [-0.2, -0.15) is 0 Å². The lowest BCUT2D eigenvalue weighted by Gasteiger charge is -2.19. The molecule has 0 aliphatic heterocycles. The molecule has 0 fully saturated rings. The molecule has 0 aromatic heterocycles. The molecule has 2 aromatic rings. The van der Waals surface area contributed by atoms with Crippen LogP contribution in [0.15, 0.2) is 47.4 Å². The highest BCUT2D eigenvalue weighted by molar-refractivity contribution is 7.90. The highest BCUT2D eigenvalue weighted by Gasteiger charge is 2.15. The summed E-state index contributed by atoms with van der Waals surface area (Å²) in [7, 11) is -3.32. The second-order valence-electron chi connectivity index (χ2n) is 7.03. The standard InChI is InChI=1S/C19H23NO3S/c1-13-6-11-16(24(5,22)23)12-17(13)20-18(21)14-7-9-15(10-8-14)19(2,3)4/h6-12H,1-5H3,(H,20,21). The second-order valence-corrected chi connectivity index (χ2v) is 9.05. The molecule has 0 aliphatic rings. The van der Waals surface area contributed by atoms with Crippen molar-refractivity contribution in [1.29, 1.82) is 0 Å². The van der Waals surface area contributed by atoms with Crippen LogP contribution in [0.25, 0.3) is 0 Å². The van der Waals surface area contributed by atoms with E-state index in [1.165, 1.54) is 6.07 Å². The van der Waals surface area contributed by atoms with Gasteiger partial charge in [0, 0.05) is 17.5 Å². The number of sulfone groups is 1. The largest absolute Gasteiger partial charge is 0.322 e. The lowest BCUT2D eigenvalue weighted by Crippen LogP contribution is -2.15. The van der Waals surface area contributed by atoms with E-state index in [1.807, 2.05) is 19.1 Å². The van der Waals surface area contributed by atoms with Gasteiger partial charge in [0.15, 0.2) is 9.84 Å². The number of anilines is 1. The fraction of sp³-hybridized carbons (Fsp3) is 0.316. The lowest BCUT2D eigenvalue weighted by molar-refractivity contribution is 0.102. The molecule has 0 heterocycles. The van der Waals surface area contributed by atoms with Crippen LogP contribution >= 0.6 is 0 Å². The van der Waals surface area contributed by atoms with Crippen molar-refractivity contribution in [2.75, 3.05) is 11.6 Å². The Labute approximate surface area is 143 Å². The van der Waals surface area contributed by atoms with Crippen molar-refractivity contribution in [2.24, 2.45) is 0 Å². The molecule has 2 aromatic carbocycles. The monoisotopic (exact) mass is 345 g/mol. The Bertz CT molecular complexity index is 860.